The Morgan fingerprint density at radius 3 is 2.59 bits per heavy atom. The molecule has 1 amide bonds. The Labute approximate surface area is 215 Å². The van der Waals surface area contributed by atoms with Crippen molar-refractivity contribution in [2.24, 2.45) is 11.1 Å². The number of hydrogen-bond acceptors (Lipinski definition) is 8. The van der Waals surface area contributed by atoms with Gasteiger partial charge in [-0.2, -0.15) is 0 Å². The van der Waals surface area contributed by atoms with E-state index in [2.05, 4.69) is 5.32 Å². The number of para-hydroxylation sites is 1. The van der Waals surface area contributed by atoms with Crippen LogP contribution in [0.2, 0.25) is 0 Å². The molecule has 3 N–H and O–H groups in total. The van der Waals surface area contributed by atoms with E-state index in [4.69, 9.17) is 24.7 Å². The molecule has 2 aromatic carbocycles. The van der Waals surface area contributed by atoms with Crippen LogP contribution in [0.4, 0.5) is 5.69 Å². The number of ether oxygens (including phenoxy) is 4. The molecule has 1 atom stereocenters. The highest BCUT2D eigenvalue weighted by Crippen LogP contribution is 2.49. The Morgan fingerprint density at radius 1 is 1.11 bits per heavy atom. The van der Waals surface area contributed by atoms with Gasteiger partial charge in [-0.25, -0.2) is 4.79 Å². The van der Waals surface area contributed by atoms with Gasteiger partial charge in [-0.3, -0.25) is 9.59 Å². The number of anilines is 1. The lowest BCUT2D eigenvalue weighted by atomic mass is 9.70. The summed E-state index contributed by atoms with van der Waals surface area (Å²) in [5, 5.41) is 2.76. The summed E-state index contributed by atoms with van der Waals surface area (Å²) in [7, 11) is 2.78. The van der Waals surface area contributed by atoms with Gasteiger partial charge < -0.3 is 30.0 Å². The van der Waals surface area contributed by atoms with Gasteiger partial charge in [0, 0.05) is 35.7 Å². The Morgan fingerprint density at radius 2 is 1.86 bits per heavy atom. The van der Waals surface area contributed by atoms with Crippen LogP contribution in [0.3, 0.4) is 0 Å². The molecule has 0 saturated carbocycles. The number of nitrogens with two attached hydrogens (primary N) is 1. The number of methoxy groups -OCH3 is 2. The zero-order valence-electron chi connectivity index (χ0n) is 21.3. The fourth-order valence-electron chi connectivity index (χ4n) is 4.70. The summed E-state index contributed by atoms with van der Waals surface area (Å²) in [4.78, 5) is 38.8. The van der Waals surface area contributed by atoms with E-state index in [0.29, 0.717) is 40.5 Å². The maximum Gasteiger partial charge on any atom is 0.340 e. The number of nitrogens with one attached hydrogen (secondary N) is 1. The van der Waals surface area contributed by atoms with Gasteiger partial charge in [0.25, 0.3) is 5.91 Å². The highest BCUT2D eigenvalue weighted by molar-refractivity contribution is 6.03. The van der Waals surface area contributed by atoms with E-state index in [9.17, 15) is 14.4 Å². The molecule has 0 aromatic heterocycles. The van der Waals surface area contributed by atoms with Crippen molar-refractivity contribution < 1.29 is 33.3 Å². The van der Waals surface area contributed by atoms with Crippen LogP contribution in [-0.2, 0) is 23.9 Å². The largest absolute Gasteiger partial charge is 0.497 e. The lowest BCUT2D eigenvalue weighted by Crippen LogP contribution is -2.35. The maximum absolute atomic E-state index is 13.4. The van der Waals surface area contributed by atoms with E-state index in [1.807, 2.05) is 13.8 Å². The molecule has 1 heterocycles. The third kappa shape index (κ3) is 5.45. The van der Waals surface area contributed by atoms with Gasteiger partial charge in [0.1, 0.15) is 22.8 Å². The summed E-state index contributed by atoms with van der Waals surface area (Å²) in [5.41, 5.74) is 7.31. The SMILES string of the molecule is COC(=O)C1=C(N)OC2=C(C(=O)CC(C)(C)C2)C1c1ccccc1OCC(=O)Nc1cccc(OC)c1. The van der Waals surface area contributed by atoms with Crippen LogP contribution in [0.5, 0.6) is 11.5 Å². The smallest absolute Gasteiger partial charge is 0.340 e. The van der Waals surface area contributed by atoms with Gasteiger partial charge in [0.15, 0.2) is 12.4 Å². The number of allylic oxidation sites excluding steroid dienone is 2. The van der Waals surface area contributed by atoms with Crippen LogP contribution in [0, 0.1) is 5.41 Å². The number of amides is 1. The Balaban J connectivity index is 1.66. The first-order valence-corrected chi connectivity index (χ1v) is 11.8. The molecule has 2 aromatic rings. The molecule has 1 unspecified atom stereocenters. The van der Waals surface area contributed by atoms with Crippen molar-refractivity contribution in [1.29, 1.82) is 0 Å². The Kier molecular flexibility index (Phi) is 7.24. The molecule has 4 rings (SSSR count). The average molecular weight is 507 g/mol. The standard InChI is InChI=1S/C28H30N2O7/c1-28(2)13-19(31)24-21(14-28)37-26(29)25(27(33)35-4)23(24)18-10-5-6-11-20(18)36-15-22(32)30-16-8-7-9-17(12-16)34-3/h5-12,23H,13-15,29H2,1-4H3,(H,30,32). The molecule has 37 heavy (non-hydrogen) atoms. The molecule has 0 fully saturated rings. The van der Waals surface area contributed by atoms with Gasteiger partial charge in [0.05, 0.1) is 20.1 Å². The number of carbonyl (C=O) groups excluding carboxylic acids is 3. The molecule has 9 nitrogen and oxygen atoms in total. The van der Waals surface area contributed by atoms with E-state index in [-0.39, 0.29) is 35.7 Å². The quantitative estimate of drug-likeness (QED) is 0.543. The van der Waals surface area contributed by atoms with Crippen molar-refractivity contribution in [3.05, 3.63) is 76.9 Å². The molecule has 194 valence electrons. The summed E-state index contributed by atoms with van der Waals surface area (Å²) in [6.45, 7) is 3.64. The first-order chi connectivity index (χ1) is 17.6. The van der Waals surface area contributed by atoms with Crippen molar-refractivity contribution in [2.75, 3.05) is 26.1 Å². The van der Waals surface area contributed by atoms with E-state index in [1.54, 1.807) is 55.6 Å². The first-order valence-electron chi connectivity index (χ1n) is 11.8. The maximum atomic E-state index is 13.4. The van der Waals surface area contributed by atoms with E-state index < -0.39 is 17.8 Å². The second-order valence-electron chi connectivity index (χ2n) is 9.69. The molecule has 1 aliphatic carbocycles. The monoisotopic (exact) mass is 506 g/mol. The number of hydrogen-bond donors (Lipinski definition) is 2. The van der Waals surface area contributed by atoms with Crippen LogP contribution in [0.1, 0.15) is 38.2 Å². The third-order valence-electron chi connectivity index (χ3n) is 6.30. The summed E-state index contributed by atoms with van der Waals surface area (Å²) < 4.78 is 21.9. The molecule has 0 radical (unpaired) electrons. The predicted octanol–water partition coefficient (Wildman–Crippen LogP) is 3.81. The van der Waals surface area contributed by atoms with Crippen LogP contribution in [0.15, 0.2) is 71.3 Å². The van der Waals surface area contributed by atoms with Crippen LogP contribution < -0.4 is 20.5 Å². The van der Waals surface area contributed by atoms with E-state index in [1.165, 1.54) is 7.11 Å². The fraction of sp³-hybridized carbons (Fsp3) is 0.321. The summed E-state index contributed by atoms with van der Waals surface area (Å²) >= 11 is 0. The minimum absolute atomic E-state index is 0.0196. The lowest BCUT2D eigenvalue weighted by molar-refractivity contribution is -0.136. The molecule has 0 saturated heterocycles. The lowest BCUT2D eigenvalue weighted by Gasteiger charge is -2.38. The first kappa shape index (κ1) is 25.8. The third-order valence-corrected chi connectivity index (χ3v) is 6.30. The van der Waals surface area contributed by atoms with E-state index in [0.717, 1.165) is 0 Å². The van der Waals surface area contributed by atoms with Crippen LogP contribution in [-0.4, -0.2) is 38.5 Å². The topological polar surface area (TPSA) is 126 Å². The Hall–Kier alpha value is -4.27. The zero-order chi connectivity index (χ0) is 26.7. The fourth-order valence-corrected chi connectivity index (χ4v) is 4.70. The summed E-state index contributed by atoms with van der Waals surface area (Å²) in [6, 6.07) is 13.9. The normalized spacial score (nSPS) is 18.5. The van der Waals surface area contributed by atoms with Gasteiger partial charge in [-0.1, -0.05) is 38.1 Å². The van der Waals surface area contributed by atoms with Crippen molar-refractivity contribution >= 4 is 23.3 Å². The average Bonchev–Trinajstić information content (AvgIpc) is 2.85. The molecule has 1 aliphatic heterocycles. The summed E-state index contributed by atoms with van der Waals surface area (Å²) in [5.74, 6) is -0.866. The predicted molar refractivity (Wildman–Crippen MR) is 136 cm³/mol. The number of benzene rings is 2. The zero-order valence-corrected chi connectivity index (χ0v) is 21.3. The summed E-state index contributed by atoms with van der Waals surface area (Å²) in [6.07, 6.45) is 0.762. The second-order valence-corrected chi connectivity index (χ2v) is 9.69. The van der Waals surface area contributed by atoms with Gasteiger partial charge in [-0.05, 0) is 23.6 Å². The van der Waals surface area contributed by atoms with Crippen LogP contribution >= 0.6 is 0 Å². The van der Waals surface area contributed by atoms with Crippen molar-refractivity contribution in [3.63, 3.8) is 0 Å². The molecule has 9 heteroatoms. The number of Topliss-reactive ketones (excluding diaryl/α,β-unsaturated/α-hetero) is 1. The molecule has 0 spiro atoms. The number of carbonyl (C=O) groups is 3. The van der Waals surface area contributed by atoms with E-state index >= 15 is 0 Å². The van der Waals surface area contributed by atoms with Crippen molar-refractivity contribution in [3.8, 4) is 11.5 Å². The minimum atomic E-state index is -0.863. The second kappa shape index (κ2) is 10.4. The number of esters is 1. The van der Waals surface area contributed by atoms with Crippen molar-refractivity contribution in [2.45, 2.75) is 32.6 Å². The van der Waals surface area contributed by atoms with Crippen LogP contribution in [0.25, 0.3) is 0 Å². The molecule has 2 aliphatic rings. The number of ketones is 1. The van der Waals surface area contributed by atoms with Gasteiger partial charge >= 0.3 is 5.97 Å². The highest BCUT2D eigenvalue weighted by Gasteiger charge is 2.45. The van der Waals surface area contributed by atoms with Gasteiger partial charge in [0.2, 0.25) is 5.88 Å². The Bertz CT molecular complexity index is 1310. The molecule has 0 bridgehead atoms. The molecular formula is C28H30N2O7. The minimum Gasteiger partial charge on any atom is -0.497 e. The highest BCUT2D eigenvalue weighted by atomic mass is 16.5. The van der Waals surface area contributed by atoms with Gasteiger partial charge in [-0.15, -0.1) is 0 Å². The number of rotatable bonds is 7. The van der Waals surface area contributed by atoms with Crippen molar-refractivity contribution in [1.82, 2.24) is 0 Å². The molecular weight excluding hydrogens is 476 g/mol.